The molecule has 2 unspecified atom stereocenters. The van der Waals surface area contributed by atoms with Crippen LogP contribution in [0.15, 0.2) is 36.7 Å². The summed E-state index contributed by atoms with van der Waals surface area (Å²) in [5.41, 5.74) is 1.40. The molecular weight excluding hydrogens is 264 g/mol. The van der Waals surface area contributed by atoms with E-state index in [9.17, 15) is 4.79 Å². The molecule has 1 aromatic carbocycles. The number of piperidine rings is 1. The number of benzene rings is 1. The maximum absolute atomic E-state index is 12.9. The first kappa shape index (κ1) is 13.8. The van der Waals surface area contributed by atoms with E-state index in [1.165, 1.54) is 11.2 Å². The number of likely N-dealkylation sites (tertiary alicyclic amines) is 1. The average molecular weight is 284 g/mol. The van der Waals surface area contributed by atoms with Crippen molar-refractivity contribution in [3.8, 4) is 5.69 Å². The van der Waals surface area contributed by atoms with Gasteiger partial charge in [-0.3, -0.25) is 4.79 Å². The van der Waals surface area contributed by atoms with E-state index >= 15 is 0 Å². The van der Waals surface area contributed by atoms with Gasteiger partial charge in [-0.15, -0.1) is 0 Å². The van der Waals surface area contributed by atoms with Crippen LogP contribution in [0, 0.1) is 5.92 Å². The minimum Gasteiger partial charge on any atom is -0.336 e. The summed E-state index contributed by atoms with van der Waals surface area (Å²) in [5.74, 6) is 0.627. The van der Waals surface area contributed by atoms with Crippen LogP contribution in [-0.2, 0) is 0 Å². The molecule has 2 aromatic rings. The highest BCUT2D eigenvalue weighted by molar-refractivity contribution is 5.98. The number of amides is 1. The second-order valence-corrected chi connectivity index (χ2v) is 5.82. The summed E-state index contributed by atoms with van der Waals surface area (Å²) in [5, 5.41) is 8.29. The van der Waals surface area contributed by atoms with Crippen molar-refractivity contribution in [1.29, 1.82) is 0 Å². The van der Waals surface area contributed by atoms with Crippen molar-refractivity contribution in [1.82, 2.24) is 19.9 Å². The van der Waals surface area contributed by atoms with Gasteiger partial charge < -0.3 is 4.90 Å². The topological polar surface area (TPSA) is 51.0 Å². The zero-order valence-corrected chi connectivity index (χ0v) is 12.4. The summed E-state index contributed by atoms with van der Waals surface area (Å²) in [6.45, 7) is 5.15. The molecule has 0 bridgehead atoms. The summed E-state index contributed by atoms with van der Waals surface area (Å²) >= 11 is 0. The van der Waals surface area contributed by atoms with Crippen molar-refractivity contribution in [3.05, 3.63) is 42.2 Å². The number of rotatable bonds is 2. The molecule has 0 saturated carbocycles. The van der Waals surface area contributed by atoms with Gasteiger partial charge in [0.05, 0.1) is 23.6 Å². The normalized spacial score (nSPS) is 22.3. The van der Waals surface area contributed by atoms with Crippen molar-refractivity contribution < 1.29 is 4.79 Å². The molecule has 3 rings (SSSR count). The fourth-order valence-corrected chi connectivity index (χ4v) is 2.90. The summed E-state index contributed by atoms with van der Waals surface area (Å²) in [7, 11) is 0. The van der Waals surface area contributed by atoms with Gasteiger partial charge in [0.25, 0.3) is 5.91 Å². The van der Waals surface area contributed by atoms with Gasteiger partial charge >= 0.3 is 0 Å². The Morgan fingerprint density at radius 1 is 1.14 bits per heavy atom. The zero-order valence-electron chi connectivity index (χ0n) is 12.4. The van der Waals surface area contributed by atoms with Crippen LogP contribution in [0.4, 0.5) is 0 Å². The van der Waals surface area contributed by atoms with Crippen LogP contribution in [0.1, 0.15) is 37.0 Å². The highest BCUT2D eigenvalue weighted by Gasteiger charge is 2.29. The molecule has 2 heterocycles. The van der Waals surface area contributed by atoms with E-state index in [0.29, 0.717) is 11.5 Å². The van der Waals surface area contributed by atoms with Crippen LogP contribution in [-0.4, -0.2) is 38.4 Å². The number of para-hydroxylation sites is 1. The molecule has 2 atom stereocenters. The summed E-state index contributed by atoms with van der Waals surface area (Å²) in [6.07, 6.45) is 5.49. The maximum atomic E-state index is 12.9. The van der Waals surface area contributed by atoms with Gasteiger partial charge in [-0.2, -0.15) is 15.0 Å². The Bertz CT molecular complexity index is 623. The third-order valence-corrected chi connectivity index (χ3v) is 4.15. The Balaban J connectivity index is 1.95. The molecule has 0 radical (unpaired) electrons. The highest BCUT2D eigenvalue weighted by Crippen LogP contribution is 2.24. The summed E-state index contributed by atoms with van der Waals surface area (Å²) in [4.78, 5) is 16.4. The lowest BCUT2D eigenvalue weighted by atomic mass is 9.94. The van der Waals surface area contributed by atoms with E-state index in [1.807, 2.05) is 29.2 Å². The third kappa shape index (κ3) is 2.68. The molecule has 1 amide bonds. The molecule has 1 aliphatic rings. The molecule has 1 aliphatic heterocycles. The SMILES string of the molecule is CC1CCC(C)N(C(=O)c2ccccc2-n2nccn2)C1. The van der Waals surface area contributed by atoms with Crippen LogP contribution in [0.2, 0.25) is 0 Å². The van der Waals surface area contributed by atoms with E-state index in [-0.39, 0.29) is 11.9 Å². The lowest BCUT2D eigenvalue weighted by molar-refractivity contribution is 0.0573. The molecule has 5 nitrogen and oxygen atoms in total. The van der Waals surface area contributed by atoms with Crippen molar-refractivity contribution in [2.24, 2.45) is 5.92 Å². The minimum absolute atomic E-state index is 0.0713. The molecule has 1 aromatic heterocycles. The first-order chi connectivity index (χ1) is 10.2. The van der Waals surface area contributed by atoms with Gasteiger partial charge in [0.1, 0.15) is 0 Å². The molecule has 110 valence electrons. The van der Waals surface area contributed by atoms with Crippen molar-refractivity contribution in [2.75, 3.05) is 6.54 Å². The molecular formula is C16H20N4O. The van der Waals surface area contributed by atoms with Crippen molar-refractivity contribution in [3.63, 3.8) is 0 Å². The lowest BCUT2D eigenvalue weighted by Gasteiger charge is -2.37. The first-order valence-corrected chi connectivity index (χ1v) is 7.43. The lowest BCUT2D eigenvalue weighted by Crippen LogP contribution is -2.45. The van der Waals surface area contributed by atoms with Crippen LogP contribution < -0.4 is 0 Å². The van der Waals surface area contributed by atoms with Crippen LogP contribution in [0.25, 0.3) is 5.69 Å². The number of aromatic nitrogens is 3. The molecule has 21 heavy (non-hydrogen) atoms. The Kier molecular flexibility index (Phi) is 3.73. The molecule has 0 spiro atoms. The quantitative estimate of drug-likeness (QED) is 0.851. The molecule has 5 heteroatoms. The Morgan fingerprint density at radius 2 is 1.86 bits per heavy atom. The Labute approximate surface area is 124 Å². The predicted molar refractivity (Wildman–Crippen MR) is 80.3 cm³/mol. The standard InChI is InChI=1S/C16H20N4O/c1-12-7-8-13(2)19(11-12)16(21)14-5-3-4-6-15(14)20-17-9-10-18-20/h3-6,9-10,12-13H,7-8,11H2,1-2H3. The molecule has 0 N–H and O–H groups in total. The second-order valence-electron chi connectivity index (χ2n) is 5.82. The van der Waals surface area contributed by atoms with Gasteiger partial charge in [-0.1, -0.05) is 19.1 Å². The monoisotopic (exact) mass is 284 g/mol. The Hall–Kier alpha value is -2.17. The minimum atomic E-state index is 0.0713. The largest absolute Gasteiger partial charge is 0.336 e. The number of hydrogen-bond donors (Lipinski definition) is 0. The molecule has 1 fully saturated rings. The molecule has 0 aliphatic carbocycles. The number of carbonyl (C=O) groups excluding carboxylic acids is 1. The van der Waals surface area contributed by atoms with E-state index in [1.54, 1.807) is 12.4 Å². The molecule has 1 saturated heterocycles. The van der Waals surface area contributed by atoms with Crippen LogP contribution >= 0.6 is 0 Å². The van der Waals surface area contributed by atoms with Crippen molar-refractivity contribution >= 4 is 5.91 Å². The first-order valence-electron chi connectivity index (χ1n) is 7.43. The van der Waals surface area contributed by atoms with Crippen molar-refractivity contribution in [2.45, 2.75) is 32.7 Å². The highest BCUT2D eigenvalue weighted by atomic mass is 16.2. The van der Waals surface area contributed by atoms with E-state index < -0.39 is 0 Å². The fraction of sp³-hybridized carbons (Fsp3) is 0.438. The van der Waals surface area contributed by atoms with E-state index in [2.05, 4.69) is 24.0 Å². The van der Waals surface area contributed by atoms with Gasteiger partial charge in [0.2, 0.25) is 0 Å². The second kappa shape index (κ2) is 5.68. The Morgan fingerprint density at radius 3 is 2.62 bits per heavy atom. The van der Waals surface area contributed by atoms with E-state index in [0.717, 1.165) is 18.7 Å². The van der Waals surface area contributed by atoms with E-state index in [4.69, 9.17) is 0 Å². The van der Waals surface area contributed by atoms with Crippen LogP contribution in [0.3, 0.4) is 0 Å². The number of nitrogens with zero attached hydrogens (tertiary/aromatic N) is 4. The predicted octanol–water partition coefficient (Wildman–Crippen LogP) is 2.53. The van der Waals surface area contributed by atoms with Gasteiger partial charge in [-0.25, -0.2) is 0 Å². The third-order valence-electron chi connectivity index (χ3n) is 4.15. The summed E-state index contributed by atoms with van der Waals surface area (Å²) < 4.78 is 0. The number of hydrogen-bond acceptors (Lipinski definition) is 3. The smallest absolute Gasteiger partial charge is 0.256 e. The zero-order chi connectivity index (χ0) is 14.8. The summed E-state index contributed by atoms with van der Waals surface area (Å²) in [6, 6.07) is 7.81. The maximum Gasteiger partial charge on any atom is 0.256 e. The van der Waals surface area contributed by atoms with Gasteiger partial charge in [0.15, 0.2) is 0 Å². The average Bonchev–Trinajstić information content (AvgIpc) is 3.03. The fourth-order valence-electron chi connectivity index (χ4n) is 2.90. The van der Waals surface area contributed by atoms with Gasteiger partial charge in [-0.05, 0) is 37.8 Å². The van der Waals surface area contributed by atoms with Crippen LogP contribution in [0.5, 0.6) is 0 Å². The van der Waals surface area contributed by atoms with Gasteiger partial charge in [0, 0.05) is 12.6 Å². The number of carbonyl (C=O) groups is 1.